The second-order valence-corrected chi connectivity index (χ2v) is 3.92. The summed E-state index contributed by atoms with van der Waals surface area (Å²) in [7, 11) is 1.64. The average molecular weight is 239 g/mol. The van der Waals surface area contributed by atoms with E-state index >= 15 is 0 Å². The van der Waals surface area contributed by atoms with Crippen molar-refractivity contribution in [3.05, 3.63) is 18.2 Å². The molecule has 96 valence electrons. The zero-order valence-corrected chi connectivity index (χ0v) is 10.6. The van der Waals surface area contributed by atoms with Crippen molar-refractivity contribution in [3.63, 3.8) is 0 Å². The highest BCUT2D eigenvalue weighted by Gasteiger charge is 2.08. The minimum atomic E-state index is 0.157. The number of ether oxygens (including phenoxy) is 1. The molecule has 0 spiro atoms. The van der Waals surface area contributed by atoms with E-state index in [0.717, 1.165) is 18.8 Å². The molecule has 1 rings (SSSR count). The van der Waals surface area contributed by atoms with Gasteiger partial charge < -0.3 is 14.6 Å². The van der Waals surface area contributed by atoms with Crippen molar-refractivity contribution < 1.29 is 9.53 Å². The van der Waals surface area contributed by atoms with E-state index in [1.165, 1.54) is 0 Å². The van der Waals surface area contributed by atoms with E-state index < -0.39 is 0 Å². The van der Waals surface area contributed by atoms with E-state index in [1.54, 1.807) is 13.3 Å². The molecule has 1 aromatic rings. The third-order valence-corrected chi connectivity index (χ3v) is 2.43. The van der Waals surface area contributed by atoms with Crippen molar-refractivity contribution in [3.8, 4) is 0 Å². The fourth-order valence-corrected chi connectivity index (χ4v) is 1.59. The molecule has 17 heavy (non-hydrogen) atoms. The molecule has 0 aliphatic rings. The zero-order valence-electron chi connectivity index (χ0n) is 10.6. The summed E-state index contributed by atoms with van der Waals surface area (Å²) in [5.41, 5.74) is 0. The van der Waals surface area contributed by atoms with Gasteiger partial charge in [0, 0.05) is 32.6 Å². The zero-order chi connectivity index (χ0) is 12.5. The fraction of sp³-hybridized carbons (Fsp3) is 0.667. The van der Waals surface area contributed by atoms with E-state index in [1.807, 2.05) is 10.8 Å². The van der Waals surface area contributed by atoms with Crippen molar-refractivity contribution in [2.75, 3.05) is 26.8 Å². The van der Waals surface area contributed by atoms with Crippen molar-refractivity contribution in [2.45, 2.75) is 26.3 Å². The van der Waals surface area contributed by atoms with Crippen LogP contribution in [0.4, 0.5) is 0 Å². The standard InChI is InChI=1S/C12H21N3O2/c1-3-6-15-7-4-14-12(15)9-11(16)10-13-5-8-17-2/h4,7,13H,3,5-6,8-10H2,1-2H3. The van der Waals surface area contributed by atoms with Gasteiger partial charge in [0.25, 0.3) is 0 Å². The molecule has 0 aromatic carbocycles. The summed E-state index contributed by atoms with van der Waals surface area (Å²) >= 11 is 0. The summed E-state index contributed by atoms with van der Waals surface area (Å²) < 4.78 is 6.93. The maximum Gasteiger partial charge on any atom is 0.154 e. The van der Waals surface area contributed by atoms with Gasteiger partial charge in [-0.2, -0.15) is 0 Å². The Bertz CT molecular complexity index is 336. The van der Waals surface area contributed by atoms with Crippen LogP contribution in [0.3, 0.4) is 0 Å². The number of aryl methyl sites for hydroxylation is 1. The van der Waals surface area contributed by atoms with Crippen LogP contribution in [0.15, 0.2) is 12.4 Å². The van der Waals surface area contributed by atoms with Crippen LogP contribution in [0.2, 0.25) is 0 Å². The van der Waals surface area contributed by atoms with Gasteiger partial charge in [-0.05, 0) is 6.42 Å². The van der Waals surface area contributed by atoms with Crippen molar-refractivity contribution in [1.82, 2.24) is 14.9 Å². The number of ketones is 1. The number of nitrogens with one attached hydrogen (secondary N) is 1. The molecule has 0 saturated heterocycles. The van der Waals surface area contributed by atoms with Gasteiger partial charge in [0.1, 0.15) is 5.82 Å². The fourth-order valence-electron chi connectivity index (χ4n) is 1.59. The van der Waals surface area contributed by atoms with Crippen molar-refractivity contribution in [2.24, 2.45) is 0 Å². The van der Waals surface area contributed by atoms with Gasteiger partial charge in [-0.25, -0.2) is 4.98 Å². The Morgan fingerprint density at radius 1 is 1.59 bits per heavy atom. The lowest BCUT2D eigenvalue weighted by atomic mass is 10.2. The van der Waals surface area contributed by atoms with Crippen molar-refractivity contribution in [1.29, 1.82) is 0 Å². The molecule has 1 heterocycles. The van der Waals surface area contributed by atoms with Crippen LogP contribution in [0.1, 0.15) is 19.2 Å². The van der Waals surface area contributed by atoms with Gasteiger partial charge in [0.15, 0.2) is 5.78 Å². The first-order valence-electron chi connectivity index (χ1n) is 5.99. The highest BCUT2D eigenvalue weighted by atomic mass is 16.5. The molecule has 0 aliphatic carbocycles. The number of Topliss-reactive ketones (excluding diaryl/α,β-unsaturated/α-hetero) is 1. The van der Waals surface area contributed by atoms with Gasteiger partial charge >= 0.3 is 0 Å². The lowest BCUT2D eigenvalue weighted by Gasteiger charge is -2.06. The molecule has 0 unspecified atom stereocenters. The van der Waals surface area contributed by atoms with E-state index in [0.29, 0.717) is 26.1 Å². The minimum Gasteiger partial charge on any atom is -0.383 e. The lowest BCUT2D eigenvalue weighted by molar-refractivity contribution is -0.117. The van der Waals surface area contributed by atoms with Crippen LogP contribution in [0.25, 0.3) is 0 Å². The number of nitrogens with zero attached hydrogens (tertiary/aromatic N) is 2. The number of carbonyl (C=O) groups is 1. The quantitative estimate of drug-likeness (QED) is 0.643. The number of aromatic nitrogens is 2. The maximum atomic E-state index is 11.7. The van der Waals surface area contributed by atoms with Crippen LogP contribution in [0, 0.1) is 0 Å². The summed E-state index contributed by atoms with van der Waals surface area (Å²) in [4.78, 5) is 15.9. The second-order valence-electron chi connectivity index (χ2n) is 3.92. The van der Waals surface area contributed by atoms with Crippen molar-refractivity contribution >= 4 is 5.78 Å². The van der Waals surface area contributed by atoms with Crippen LogP contribution in [-0.2, 0) is 22.5 Å². The van der Waals surface area contributed by atoms with Gasteiger partial charge in [-0.1, -0.05) is 6.92 Å². The molecule has 0 bridgehead atoms. The van der Waals surface area contributed by atoms with Gasteiger partial charge in [0.2, 0.25) is 0 Å². The Labute approximate surface area is 102 Å². The minimum absolute atomic E-state index is 0.157. The highest BCUT2D eigenvalue weighted by Crippen LogP contribution is 2.00. The molecule has 5 heteroatoms. The highest BCUT2D eigenvalue weighted by molar-refractivity contribution is 5.82. The van der Waals surface area contributed by atoms with Crippen LogP contribution in [0.5, 0.6) is 0 Å². The maximum absolute atomic E-state index is 11.7. The molecule has 0 radical (unpaired) electrons. The van der Waals surface area contributed by atoms with E-state index in [-0.39, 0.29) is 5.78 Å². The Morgan fingerprint density at radius 2 is 2.41 bits per heavy atom. The summed E-state index contributed by atoms with van der Waals surface area (Å²) in [5, 5.41) is 3.04. The molecule has 1 N–H and O–H groups in total. The number of hydrogen-bond donors (Lipinski definition) is 1. The predicted octanol–water partition coefficient (Wildman–Crippen LogP) is 0.641. The smallest absolute Gasteiger partial charge is 0.154 e. The second kappa shape index (κ2) is 7.97. The van der Waals surface area contributed by atoms with Crippen LogP contribution < -0.4 is 5.32 Å². The Balaban J connectivity index is 2.31. The average Bonchev–Trinajstić information content (AvgIpc) is 2.73. The third kappa shape index (κ3) is 5.10. The first kappa shape index (κ1) is 13.9. The number of methoxy groups -OCH3 is 1. The molecule has 1 aromatic heterocycles. The summed E-state index contributed by atoms with van der Waals surface area (Å²) in [5.74, 6) is 1.01. The van der Waals surface area contributed by atoms with E-state index in [9.17, 15) is 4.79 Å². The first-order valence-corrected chi connectivity index (χ1v) is 5.99. The summed E-state index contributed by atoms with van der Waals surface area (Å²) in [6, 6.07) is 0. The van der Waals surface area contributed by atoms with Crippen LogP contribution >= 0.6 is 0 Å². The van der Waals surface area contributed by atoms with Gasteiger partial charge in [-0.15, -0.1) is 0 Å². The largest absolute Gasteiger partial charge is 0.383 e. The predicted molar refractivity (Wildman–Crippen MR) is 66.0 cm³/mol. The number of hydrogen-bond acceptors (Lipinski definition) is 4. The monoisotopic (exact) mass is 239 g/mol. The molecule has 0 atom stereocenters. The Hall–Kier alpha value is -1.20. The molecule has 0 saturated carbocycles. The Kier molecular flexibility index (Phi) is 6.50. The van der Waals surface area contributed by atoms with E-state index in [4.69, 9.17) is 4.74 Å². The first-order chi connectivity index (χ1) is 8.27. The number of carbonyl (C=O) groups excluding carboxylic acids is 1. The number of rotatable bonds is 9. The van der Waals surface area contributed by atoms with E-state index in [2.05, 4.69) is 17.2 Å². The van der Waals surface area contributed by atoms with Gasteiger partial charge in [-0.3, -0.25) is 4.79 Å². The SMILES string of the molecule is CCCn1ccnc1CC(=O)CNCCOC. The topological polar surface area (TPSA) is 56.2 Å². The van der Waals surface area contributed by atoms with Crippen LogP contribution in [-0.4, -0.2) is 42.1 Å². The molecule has 5 nitrogen and oxygen atoms in total. The Morgan fingerprint density at radius 3 is 3.12 bits per heavy atom. The third-order valence-electron chi connectivity index (χ3n) is 2.43. The molecule has 0 amide bonds. The summed E-state index contributed by atoms with van der Waals surface area (Å²) in [6.07, 6.45) is 5.11. The molecule has 0 aliphatic heterocycles. The molecule has 0 fully saturated rings. The molecular weight excluding hydrogens is 218 g/mol. The summed E-state index contributed by atoms with van der Waals surface area (Å²) in [6.45, 7) is 4.73. The van der Waals surface area contributed by atoms with Gasteiger partial charge in [0.05, 0.1) is 19.6 Å². The normalized spacial score (nSPS) is 10.7. The lowest BCUT2D eigenvalue weighted by Crippen LogP contribution is -2.27. The number of imidazole rings is 1. The molecular formula is C12H21N3O2.